The standard InChI is InChI=1S/C38H31N7O12S3/c1-21-15-32(44-45-37-35(59-57-55-49)17-24-16-27(11-14-30(24)38(37)47)41-40-26-9-12-29(46)13-10-26)33(53-2)20-31(21)43-42-28-8-6-22(34(19-28)58-56-54-48)3-4-23-5-7-25(39)18-36(23)60(50,51)52/h3-20,46-49H,39H2,1-2H3,(H,50,51,52)/b4-3+,41-40?,43-42?,45-44?. The van der Waals surface area contributed by atoms with Gasteiger partial charge in [0.1, 0.15) is 27.8 Å². The first kappa shape index (κ1) is 43.3. The molecule has 0 bridgehead atoms. The third-order valence-electron chi connectivity index (χ3n) is 8.26. The molecule has 0 amide bonds. The van der Waals surface area contributed by atoms with Crippen LogP contribution in [-0.2, 0) is 28.9 Å². The molecule has 0 heterocycles. The second-order valence-corrected chi connectivity index (χ2v) is 15.1. The molecule has 6 rings (SSSR count). The van der Waals surface area contributed by atoms with E-state index in [9.17, 15) is 23.2 Å². The van der Waals surface area contributed by atoms with Gasteiger partial charge in [-0.25, -0.2) is 10.5 Å². The first-order valence-electron chi connectivity index (χ1n) is 16.9. The lowest BCUT2D eigenvalue weighted by atomic mass is 10.1. The van der Waals surface area contributed by atoms with Crippen LogP contribution < -0.4 is 10.5 Å². The van der Waals surface area contributed by atoms with Crippen molar-refractivity contribution >= 4 is 96.9 Å². The Morgan fingerprint density at radius 3 is 2.00 bits per heavy atom. The van der Waals surface area contributed by atoms with Crippen molar-refractivity contribution in [1.82, 2.24) is 0 Å². The van der Waals surface area contributed by atoms with E-state index in [0.29, 0.717) is 73.6 Å². The number of aromatic hydroxyl groups is 2. The predicted octanol–water partition coefficient (Wildman–Crippen LogP) is 11.7. The lowest BCUT2D eigenvalue weighted by molar-refractivity contribution is -0.432. The van der Waals surface area contributed by atoms with Gasteiger partial charge in [-0.3, -0.25) is 4.55 Å². The largest absolute Gasteiger partial charge is 0.508 e. The lowest BCUT2D eigenvalue weighted by Gasteiger charge is -2.10. The molecule has 0 aliphatic heterocycles. The monoisotopic (exact) mass is 873 g/mol. The van der Waals surface area contributed by atoms with Crippen molar-refractivity contribution < 1.29 is 57.2 Å². The van der Waals surface area contributed by atoms with Crippen molar-refractivity contribution in [1.29, 1.82) is 0 Å². The number of fused-ring (bicyclic) bond motifs is 1. The highest BCUT2D eigenvalue weighted by molar-refractivity contribution is 7.95. The molecule has 0 saturated carbocycles. The van der Waals surface area contributed by atoms with E-state index in [1.807, 2.05) is 0 Å². The highest BCUT2D eigenvalue weighted by Crippen LogP contribution is 2.46. The van der Waals surface area contributed by atoms with E-state index in [4.69, 9.17) is 21.0 Å². The van der Waals surface area contributed by atoms with Crippen LogP contribution in [0.4, 0.5) is 39.8 Å². The fourth-order valence-corrected chi connectivity index (χ4v) is 7.13. The van der Waals surface area contributed by atoms with E-state index in [0.717, 1.165) is 6.07 Å². The summed E-state index contributed by atoms with van der Waals surface area (Å²) in [4.78, 5) is 0.218. The van der Waals surface area contributed by atoms with Crippen LogP contribution in [0.5, 0.6) is 17.2 Å². The molecule has 0 spiro atoms. The number of methoxy groups -OCH3 is 1. The number of phenolic OH excluding ortho intramolecular Hbond substituents is 2. The molecule has 0 aliphatic carbocycles. The minimum absolute atomic E-state index is 0.0126. The molecule has 6 aromatic rings. The SMILES string of the molecule is COc1cc(N=Nc2ccc(/C=C/c3ccc(N)cc3S(=O)(=O)O)c(SOOO)c2)c(C)cc1N=Nc1c(SOOO)cc2cc(N=Nc3ccc(O)cc3)ccc2c1O. The minimum Gasteiger partial charge on any atom is -0.508 e. The second kappa shape index (κ2) is 19.6. The van der Waals surface area contributed by atoms with E-state index < -0.39 is 10.1 Å². The Morgan fingerprint density at radius 1 is 0.667 bits per heavy atom. The van der Waals surface area contributed by atoms with Crippen molar-refractivity contribution in [3.05, 3.63) is 114 Å². The Kier molecular flexibility index (Phi) is 14.2. The van der Waals surface area contributed by atoms with Crippen LogP contribution in [0.3, 0.4) is 0 Å². The Labute approximate surface area is 349 Å². The number of nitrogen functional groups attached to an aromatic ring is 1. The van der Waals surface area contributed by atoms with Gasteiger partial charge in [-0.1, -0.05) is 34.4 Å². The smallest absolute Gasteiger partial charge is 0.295 e. The second-order valence-electron chi connectivity index (χ2n) is 12.2. The summed E-state index contributed by atoms with van der Waals surface area (Å²) in [5.41, 5.74) is 9.10. The third kappa shape index (κ3) is 10.8. The van der Waals surface area contributed by atoms with Gasteiger partial charge in [0.2, 0.25) is 0 Å². The van der Waals surface area contributed by atoms with Crippen LogP contribution in [-0.4, -0.2) is 40.8 Å². The van der Waals surface area contributed by atoms with Crippen molar-refractivity contribution in [3.8, 4) is 17.2 Å². The summed E-state index contributed by atoms with van der Waals surface area (Å²) < 4.78 is 48.4. The number of hydrogen-bond donors (Lipinski definition) is 6. The fourth-order valence-electron chi connectivity index (χ4n) is 5.41. The van der Waals surface area contributed by atoms with E-state index in [2.05, 4.69) is 49.4 Å². The van der Waals surface area contributed by atoms with Crippen molar-refractivity contribution in [2.75, 3.05) is 12.8 Å². The summed E-state index contributed by atoms with van der Waals surface area (Å²) in [6.45, 7) is 1.75. The minimum atomic E-state index is -4.58. The maximum atomic E-state index is 11.9. The zero-order valence-electron chi connectivity index (χ0n) is 31.0. The number of anilines is 1. The van der Waals surface area contributed by atoms with Gasteiger partial charge in [-0.05, 0) is 108 Å². The molecule has 0 radical (unpaired) electrons. The molecule has 0 saturated heterocycles. The molecule has 7 N–H and O–H groups in total. The normalized spacial score (nSPS) is 12.2. The molecule has 22 heteroatoms. The van der Waals surface area contributed by atoms with E-state index in [-0.39, 0.29) is 49.7 Å². The van der Waals surface area contributed by atoms with Gasteiger partial charge in [0.05, 0.1) is 58.8 Å². The molecule has 0 fully saturated rings. The zero-order chi connectivity index (χ0) is 42.8. The first-order valence-corrected chi connectivity index (χ1v) is 19.8. The third-order valence-corrected chi connectivity index (χ3v) is 10.4. The molecule has 0 aromatic heterocycles. The molecular weight excluding hydrogens is 843 g/mol. The number of ether oxygens (including phenoxy) is 1. The molecule has 19 nitrogen and oxygen atoms in total. The molecule has 0 unspecified atom stereocenters. The van der Waals surface area contributed by atoms with Gasteiger partial charge in [-0.15, -0.1) is 18.9 Å². The van der Waals surface area contributed by atoms with Crippen LogP contribution in [0, 0.1) is 6.92 Å². The van der Waals surface area contributed by atoms with Crippen molar-refractivity contribution in [3.63, 3.8) is 0 Å². The Hall–Kier alpha value is -6.31. The van der Waals surface area contributed by atoms with Gasteiger partial charge >= 0.3 is 0 Å². The Bertz CT molecular complexity index is 2770. The number of hydrogen-bond acceptors (Lipinski definition) is 20. The van der Waals surface area contributed by atoms with Gasteiger partial charge in [0.25, 0.3) is 10.1 Å². The number of azo groups is 3. The molecule has 0 aliphatic rings. The van der Waals surface area contributed by atoms with E-state index >= 15 is 0 Å². The maximum Gasteiger partial charge on any atom is 0.295 e. The maximum absolute atomic E-state index is 11.9. The Balaban J connectivity index is 1.26. The van der Waals surface area contributed by atoms with E-state index in [1.165, 1.54) is 37.5 Å². The van der Waals surface area contributed by atoms with Gasteiger partial charge < -0.3 is 20.7 Å². The summed E-state index contributed by atoms with van der Waals surface area (Å²) in [7, 11) is -3.15. The molecule has 60 heavy (non-hydrogen) atoms. The predicted molar refractivity (Wildman–Crippen MR) is 221 cm³/mol. The summed E-state index contributed by atoms with van der Waals surface area (Å²) in [5, 5.41) is 72.7. The number of rotatable bonds is 16. The summed E-state index contributed by atoms with van der Waals surface area (Å²) in [6.07, 6.45) is 2.99. The summed E-state index contributed by atoms with van der Waals surface area (Å²) in [5.74, 6) is 0.0921. The van der Waals surface area contributed by atoms with Crippen LogP contribution in [0.2, 0.25) is 0 Å². The van der Waals surface area contributed by atoms with Crippen LogP contribution in [0.25, 0.3) is 22.9 Å². The fraction of sp³-hybridized carbons (Fsp3) is 0.0526. The number of nitrogens with two attached hydrogens (primary N) is 1. The van der Waals surface area contributed by atoms with Crippen LogP contribution in [0.1, 0.15) is 16.7 Å². The summed E-state index contributed by atoms with van der Waals surface area (Å²) in [6, 6.07) is 24.8. The number of aryl methyl sites for hydroxylation is 1. The first-order chi connectivity index (χ1) is 28.9. The highest BCUT2D eigenvalue weighted by Gasteiger charge is 2.18. The molecule has 308 valence electrons. The highest BCUT2D eigenvalue weighted by atomic mass is 32.2. The average Bonchev–Trinajstić information content (AvgIpc) is 3.23. The zero-order valence-corrected chi connectivity index (χ0v) is 33.4. The van der Waals surface area contributed by atoms with Crippen LogP contribution >= 0.6 is 24.1 Å². The number of phenols is 2. The van der Waals surface area contributed by atoms with Gasteiger partial charge in [0.15, 0.2) is 5.75 Å². The number of nitrogens with zero attached hydrogens (tertiary/aromatic N) is 6. The molecule has 0 atom stereocenters. The van der Waals surface area contributed by atoms with Crippen LogP contribution in [0.15, 0.2) is 142 Å². The average molecular weight is 874 g/mol. The van der Waals surface area contributed by atoms with Crippen molar-refractivity contribution in [2.45, 2.75) is 21.6 Å². The lowest BCUT2D eigenvalue weighted by Crippen LogP contribution is -2.02. The van der Waals surface area contributed by atoms with E-state index in [1.54, 1.807) is 79.7 Å². The van der Waals surface area contributed by atoms with Gasteiger partial charge in [0, 0.05) is 22.0 Å². The number of benzene rings is 6. The topological polar surface area (TPSA) is 282 Å². The molecular formula is C38H31N7O12S3. The quantitative estimate of drug-likeness (QED) is 0.0100. The van der Waals surface area contributed by atoms with Gasteiger partial charge in [-0.2, -0.15) is 28.9 Å². The Morgan fingerprint density at radius 2 is 1.28 bits per heavy atom. The van der Waals surface area contributed by atoms with Crippen molar-refractivity contribution in [2.24, 2.45) is 30.7 Å². The summed E-state index contributed by atoms with van der Waals surface area (Å²) >= 11 is 1.21. The molecule has 6 aromatic carbocycles.